The minimum absolute atomic E-state index is 0. The van der Waals surface area contributed by atoms with Gasteiger partial charge in [0.05, 0.1) is 6.04 Å². The zero-order valence-electron chi connectivity index (χ0n) is 14.9. The summed E-state index contributed by atoms with van der Waals surface area (Å²) in [5.74, 6) is 0.0619. The highest BCUT2D eigenvalue weighted by Crippen LogP contribution is 2.18. The molecule has 0 radical (unpaired) electrons. The normalized spacial score (nSPS) is 16.9. The third kappa shape index (κ3) is 6.25. The first-order valence-corrected chi connectivity index (χ1v) is 8.29. The minimum atomic E-state index is -0.449. The highest BCUT2D eigenvalue weighted by atomic mass is 35.5. The molecule has 24 heavy (non-hydrogen) atoms. The van der Waals surface area contributed by atoms with Gasteiger partial charge in [-0.1, -0.05) is 30.3 Å². The fourth-order valence-electron chi connectivity index (χ4n) is 3.19. The van der Waals surface area contributed by atoms with Crippen molar-refractivity contribution in [1.82, 2.24) is 9.80 Å². The lowest BCUT2D eigenvalue weighted by Gasteiger charge is -2.39. The second-order valence-corrected chi connectivity index (χ2v) is 6.61. The van der Waals surface area contributed by atoms with Crippen LogP contribution in [0, 0.1) is 0 Å². The second kappa shape index (κ2) is 10.9. The number of rotatable bonds is 5. The van der Waals surface area contributed by atoms with Crippen LogP contribution in [0.4, 0.5) is 0 Å². The van der Waals surface area contributed by atoms with Gasteiger partial charge in [0.1, 0.15) is 0 Å². The average Bonchev–Trinajstić information content (AvgIpc) is 2.54. The molecule has 4 nitrogen and oxygen atoms in total. The Kier molecular flexibility index (Phi) is 10.6. The number of carbonyl (C=O) groups excluding carboxylic acids is 1. The number of nitrogens with two attached hydrogens (primary N) is 1. The number of amides is 1. The fraction of sp³-hybridized carbons (Fsp3) is 0.611. The van der Waals surface area contributed by atoms with Crippen molar-refractivity contribution in [2.24, 2.45) is 5.73 Å². The van der Waals surface area contributed by atoms with Crippen molar-refractivity contribution < 1.29 is 4.79 Å². The molecule has 1 aliphatic rings. The number of likely N-dealkylation sites (N-methyl/N-ethyl adjacent to an activating group) is 1. The molecular formula is C18H31Cl2N3O. The van der Waals surface area contributed by atoms with Gasteiger partial charge in [-0.3, -0.25) is 4.79 Å². The van der Waals surface area contributed by atoms with Gasteiger partial charge in [0.2, 0.25) is 5.91 Å². The average molecular weight is 376 g/mol. The molecule has 138 valence electrons. The third-order valence-corrected chi connectivity index (χ3v) is 4.74. The van der Waals surface area contributed by atoms with Gasteiger partial charge in [-0.05, 0) is 38.7 Å². The summed E-state index contributed by atoms with van der Waals surface area (Å²) in [5.41, 5.74) is 7.25. The van der Waals surface area contributed by atoms with Gasteiger partial charge >= 0.3 is 0 Å². The number of nitrogens with zero attached hydrogens (tertiary/aromatic N) is 2. The van der Waals surface area contributed by atoms with E-state index in [0.29, 0.717) is 18.5 Å². The van der Waals surface area contributed by atoms with Crippen LogP contribution in [-0.2, 0) is 11.2 Å². The monoisotopic (exact) mass is 375 g/mol. The predicted molar refractivity (Wildman–Crippen MR) is 105 cm³/mol. The van der Waals surface area contributed by atoms with Crippen molar-refractivity contribution in [2.45, 2.75) is 51.2 Å². The molecule has 1 aromatic carbocycles. The van der Waals surface area contributed by atoms with Gasteiger partial charge < -0.3 is 15.5 Å². The van der Waals surface area contributed by atoms with Crippen LogP contribution >= 0.6 is 24.8 Å². The molecule has 1 heterocycles. The maximum atomic E-state index is 12.5. The van der Waals surface area contributed by atoms with Crippen molar-refractivity contribution in [3.8, 4) is 0 Å². The molecule has 0 saturated carbocycles. The van der Waals surface area contributed by atoms with Gasteiger partial charge in [-0.15, -0.1) is 24.8 Å². The summed E-state index contributed by atoms with van der Waals surface area (Å²) in [6.07, 6.45) is 2.69. The molecule has 1 amide bonds. The van der Waals surface area contributed by atoms with Gasteiger partial charge in [-0.25, -0.2) is 0 Å². The Hall–Kier alpha value is -0.810. The summed E-state index contributed by atoms with van der Waals surface area (Å²) in [7, 11) is 1.91. The number of hydrogen-bond acceptors (Lipinski definition) is 3. The molecule has 1 atom stereocenters. The number of hydrogen-bond donors (Lipinski definition) is 1. The predicted octanol–water partition coefficient (Wildman–Crippen LogP) is 2.73. The van der Waals surface area contributed by atoms with E-state index in [1.165, 1.54) is 0 Å². The molecule has 0 aliphatic carbocycles. The van der Waals surface area contributed by atoms with Crippen molar-refractivity contribution >= 4 is 30.7 Å². The van der Waals surface area contributed by atoms with Crippen molar-refractivity contribution in [2.75, 3.05) is 20.1 Å². The summed E-state index contributed by atoms with van der Waals surface area (Å²) in [6.45, 7) is 6.58. The van der Waals surface area contributed by atoms with Crippen LogP contribution in [0.1, 0.15) is 32.3 Å². The Morgan fingerprint density at radius 1 is 1.21 bits per heavy atom. The first kappa shape index (κ1) is 23.2. The van der Waals surface area contributed by atoms with E-state index < -0.39 is 6.04 Å². The van der Waals surface area contributed by atoms with Crippen molar-refractivity contribution in [3.05, 3.63) is 35.9 Å². The van der Waals surface area contributed by atoms with Crippen LogP contribution in [0.2, 0.25) is 0 Å². The third-order valence-electron chi connectivity index (χ3n) is 4.74. The Morgan fingerprint density at radius 2 is 1.75 bits per heavy atom. The van der Waals surface area contributed by atoms with Crippen molar-refractivity contribution in [1.29, 1.82) is 0 Å². The van der Waals surface area contributed by atoms with Crippen LogP contribution in [0.5, 0.6) is 0 Å². The van der Waals surface area contributed by atoms with Crippen LogP contribution < -0.4 is 5.73 Å². The van der Waals surface area contributed by atoms with Crippen LogP contribution in [0.15, 0.2) is 30.3 Å². The SMILES string of the molecule is CC(C)N1CCC(N(C)C(=O)[C@@H](N)Cc2ccccc2)CC1.Cl.Cl. The largest absolute Gasteiger partial charge is 0.341 e. The van der Waals surface area contributed by atoms with E-state index in [2.05, 4.69) is 18.7 Å². The Labute approximate surface area is 158 Å². The smallest absolute Gasteiger partial charge is 0.239 e. The maximum Gasteiger partial charge on any atom is 0.239 e. The maximum absolute atomic E-state index is 12.5. The van der Waals surface area contributed by atoms with Crippen LogP contribution in [-0.4, -0.2) is 54.0 Å². The fourth-order valence-corrected chi connectivity index (χ4v) is 3.19. The van der Waals surface area contributed by atoms with E-state index in [0.717, 1.165) is 31.5 Å². The number of piperidine rings is 1. The van der Waals surface area contributed by atoms with Gasteiger partial charge in [0.15, 0.2) is 0 Å². The molecule has 1 aliphatic heterocycles. The van der Waals surface area contributed by atoms with Gasteiger partial charge in [0, 0.05) is 32.2 Å². The molecule has 0 unspecified atom stereocenters. The van der Waals surface area contributed by atoms with Crippen LogP contribution in [0.3, 0.4) is 0 Å². The zero-order chi connectivity index (χ0) is 16.1. The highest BCUT2D eigenvalue weighted by Gasteiger charge is 2.28. The summed E-state index contributed by atoms with van der Waals surface area (Å²) >= 11 is 0. The molecule has 0 bridgehead atoms. The van der Waals surface area contributed by atoms with E-state index >= 15 is 0 Å². The molecule has 6 heteroatoms. The molecular weight excluding hydrogens is 345 g/mol. The number of halogens is 2. The molecule has 2 rings (SSSR count). The first-order chi connectivity index (χ1) is 10.5. The standard InChI is InChI=1S/C18H29N3O.2ClH/c1-14(2)21-11-9-16(10-12-21)20(3)18(22)17(19)13-15-7-5-4-6-8-15;;/h4-8,14,16-17H,9-13,19H2,1-3H3;2*1H/t17-;;/m0../s1. The number of carbonyl (C=O) groups is 1. The molecule has 0 spiro atoms. The van der Waals surface area contributed by atoms with Crippen molar-refractivity contribution in [3.63, 3.8) is 0 Å². The molecule has 1 fully saturated rings. The molecule has 0 aromatic heterocycles. The molecule has 2 N–H and O–H groups in total. The Bertz CT molecular complexity index is 476. The zero-order valence-corrected chi connectivity index (χ0v) is 16.5. The van der Waals surface area contributed by atoms with E-state index in [4.69, 9.17) is 5.73 Å². The van der Waals surface area contributed by atoms with Crippen LogP contribution in [0.25, 0.3) is 0 Å². The Morgan fingerprint density at radius 3 is 2.25 bits per heavy atom. The number of benzene rings is 1. The summed E-state index contributed by atoms with van der Waals surface area (Å²) in [6, 6.07) is 10.5. The van der Waals surface area contributed by atoms with E-state index in [1.54, 1.807) is 0 Å². The minimum Gasteiger partial charge on any atom is -0.341 e. The molecule has 1 saturated heterocycles. The Balaban J connectivity index is 0.00000264. The number of likely N-dealkylation sites (tertiary alicyclic amines) is 1. The van der Waals surface area contributed by atoms with E-state index in [-0.39, 0.29) is 30.7 Å². The topological polar surface area (TPSA) is 49.6 Å². The van der Waals surface area contributed by atoms with E-state index in [1.807, 2.05) is 42.3 Å². The van der Waals surface area contributed by atoms with Gasteiger partial charge in [0.25, 0.3) is 0 Å². The summed E-state index contributed by atoms with van der Waals surface area (Å²) in [5, 5.41) is 0. The lowest BCUT2D eigenvalue weighted by atomic mass is 10.00. The lowest BCUT2D eigenvalue weighted by Crippen LogP contribution is -2.51. The molecule has 1 aromatic rings. The highest BCUT2D eigenvalue weighted by molar-refractivity contribution is 5.85. The second-order valence-electron chi connectivity index (χ2n) is 6.61. The van der Waals surface area contributed by atoms with E-state index in [9.17, 15) is 4.79 Å². The summed E-state index contributed by atoms with van der Waals surface area (Å²) < 4.78 is 0. The lowest BCUT2D eigenvalue weighted by molar-refractivity contribution is -0.134. The first-order valence-electron chi connectivity index (χ1n) is 8.29. The quantitative estimate of drug-likeness (QED) is 0.860. The summed E-state index contributed by atoms with van der Waals surface area (Å²) in [4.78, 5) is 16.9. The van der Waals surface area contributed by atoms with Gasteiger partial charge in [-0.2, -0.15) is 0 Å².